The lowest BCUT2D eigenvalue weighted by molar-refractivity contribution is 0.572. The van der Waals surface area contributed by atoms with Crippen molar-refractivity contribution >= 4 is 0 Å². The summed E-state index contributed by atoms with van der Waals surface area (Å²) in [6.07, 6.45) is 0.285. The molecule has 0 aliphatic carbocycles. The van der Waals surface area contributed by atoms with Gasteiger partial charge in [-0.2, -0.15) is 0 Å². The number of halogens is 2. The van der Waals surface area contributed by atoms with Gasteiger partial charge in [0.05, 0.1) is 0 Å². The van der Waals surface area contributed by atoms with Crippen molar-refractivity contribution in [1.29, 1.82) is 0 Å². The summed E-state index contributed by atoms with van der Waals surface area (Å²) in [4.78, 5) is 0. The topological polar surface area (TPSA) is 26.0 Å². The van der Waals surface area contributed by atoms with Crippen molar-refractivity contribution < 1.29 is 8.78 Å². The molecule has 0 bridgehead atoms. The lowest BCUT2D eigenvalue weighted by Crippen LogP contribution is -2.14. The van der Waals surface area contributed by atoms with Crippen LogP contribution in [0.4, 0.5) is 8.78 Å². The molecule has 88 valence electrons. The van der Waals surface area contributed by atoms with Gasteiger partial charge in [0, 0.05) is 6.04 Å². The molecular weight excluding hydrogens is 220 g/mol. The second kappa shape index (κ2) is 5.06. The van der Waals surface area contributed by atoms with Crippen LogP contribution in [0.15, 0.2) is 48.5 Å². The lowest BCUT2D eigenvalue weighted by atomic mass is 9.99. The Morgan fingerprint density at radius 2 is 1.71 bits per heavy atom. The SMILES string of the molecule is NC(Cc1cc(F)ccc1F)c1ccccc1. The van der Waals surface area contributed by atoms with Crippen molar-refractivity contribution in [2.45, 2.75) is 12.5 Å². The first-order valence-electron chi connectivity index (χ1n) is 5.41. The molecule has 0 heterocycles. The molecule has 0 saturated carbocycles. The van der Waals surface area contributed by atoms with E-state index in [1.165, 1.54) is 6.07 Å². The van der Waals surface area contributed by atoms with E-state index in [-0.39, 0.29) is 12.5 Å². The predicted octanol–water partition coefficient (Wildman–Crippen LogP) is 3.21. The van der Waals surface area contributed by atoms with Gasteiger partial charge in [0.15, 0.2) is 0 Å². The van der Waals surface area contributed by atoms with E-state index in [1.54, 1.807) is 0 Å². The molecule has 0 aliphatic rings. The van der Waals surface area contributed by atoms with Gasteiger partial charge in [-0.1, -0.05) is 30.3 Å². The Kier molecular flexibility index (Phi) is 3.49. The molecule has 3 heteroatoms. The van der Waals surface area contributed by atoms with E-state index in [1.807, 2.05) is 30.3 Å². The predicted molar refractivity (Wildman–Crippen MR) is 63.4 cm³/mol. The fourth-order valence-electron chi connectivity index (χ4n) is 1.75. The smallest absolute Gasteiger partial charge is 0.126 e. The maximum Gasteiger partial charge on any atom is 0.126 e. The summed E-state index contributed by atoms with van der Waals surface area (Å²) >= 11 is 0. The number of nitrogens with two attached hydrogens (primary N) is 1. The number of hydrogen-bond donors (Lipinski definition) is 1. The summed E-state index contributed by atoms with van der Waals surface area (Å²) in [5.74, 6) is -0.862. The molecule has 0 radical (unpaired) electrons. The third-order valence-corrected chi connectivity index (χ3v) is 2.68. The van der Waals surface area contributed by atoms with Crippen molar-refractivity contribution in [3.05, 3.63) is 71.3 Å². The number of rotatable bonds is 3. The Bertz CT molecular complexity index is 497. The minimum atomic E-state index is -0.443. The molecule has 0 amide bonds. The number of hydrogen-bond acceptors (Lipinski definition) is 1. The second-order valence-corrected chi connectivity index (χ2v) is 3.96. The van der Waals surface area contributed by atoms with Gasteiger partial charge in [0.2, 0.25) is 0 Å². The summed E-state index contributed by atoms with van der Waals surface area (Å²) < 4.78 is 26.4. The highest BCUT2D eigenvalue weighted by Crippen LogP contribution is 2.18. The fourth-order valence-corrected chi connectivity index (χ4v) is 1.75. The van der Waals surface area contributed by atoms with E-state index >= 15 is 0 Å². The van der Waals surface area contributed by atoms with E-state index < -0.39 is 11.6 Å². The molecule has 1 nitrogen and oxygen atoms in total. The van der Waals surface area contributed by atoms with Gasteiger partial charge >= 0.3 is 0 Å². The van der Waals surface area contributed by atoms with Gasteiger partial charge in [-0.15, -0.1) is 0 Å². The lowest BCUT2D eigenvalue weighted by Gasteiger charge is -2.12. The van der Waals surface area contributed by atoms with E-state index in [0.29, 0.717) is 5.56 Å². The minimum Gasteiger partial charge on any atom is -0.324 e. The van der Waals surface area contributed by atoms with Gasteiger partial charge in [-0.3, -0.25) is 0 Å². The van der Waals surface area contributed by atoms with Crippen LogP contribution in [0, 0.1) is 11.6 Å². The van der Waals surface area contributed by atoms with Gasteiger partial charge in [0.25, 0.3) is 0 Å². The van der Waals surface area contributed by atoms with E-state index in [4.69, 9.17) is 5.73 Å². The first-order valence-corrected chi connectivity index (χ1v) is 5.41. The summed E-state index contributed by atoms with van der Waals surface area (Å²) in [7, 11) is 0. The molecule has 0 fully saturated rings. The third-order valence-electron chi connectivity index (χ3n) is 2.68. The Hall–Kier alpha value is -1.74. The first-order chi connectivity index (χ1) is 8.16. The maximum atomic E-state index is 13.4. The van der Waals surface area contributed by atoms with Gasteiger partial charge in [-0.05, 0) is 35.7 Å². The molecule has 0 aliphatic heterocycles. The zero-order chi connectivity index (χ0) is 12.3. The summed E-state index contributed by atoms with van der Waals surface area (Å²) in [6.45, 7) is 0. The fraction of sp³-hybridized carbons (Fsp3) is 0.143. The Balaban J connectivity index is 2.18. The van der Waals surface area contributed by atoms with Crippen LogP contribution in [-0.4, -0.2) is 0 Å². The highest BCUT2D eigenvalue weighted by Gasteiger charge is 2.10. The van der Waals surface area contributed by atoms with Crippen molar-refractivity contribution in [2.24, 2.45) is 5.73 Å². The highest BCUT2D eigenvalue weighted by atomic mass is 19.1. The van der Waals surface area contributed by atoms with Gasteiger partial charge < -0.3 is 5.73 Å². The van der Waals surface area contributed by atoms with Gasteiger partial charge in [-0.25, -0.2) is 8.78 Å². The van der Waals surface area contributed by atoms with Gasteiger partial charge in [0.1, 0.15) is 11.6 Å². The molecule has 2 aromatic rings. The largest absolute Gasteiger partial charge is 0.324 e. The van der Waals surface area contributed by atoms with Crippen LogP contribution in [0.25, 0.3) is 0 Å². The maximum absolute atomic E-state index is 13.4. The highest BCUT2D eigenvalue weighted by molar-refractivity contribution is 5.24. The van der Waals surface area contributed by atoms with E-state index in [2.05, 4.69) is 0 Å². The molecule has 0 spiro atoms. The van der Waals surface area contributed by atoms with E-state index in [0.717, 1.165) is 17.7 Å². The zero-order valence-electron chi connectivity index (χ0n) is 9.24. The Morgan fingerprint density at radius 1 is 1.00 bits per heavy atom. The van der Waals surface area contributed by atoms with Crippen LogP contribution < -0.4 is 5.73 Å². The molecular formula is C14H13F2N. The van der Waals surface area contributed by atoms with Crippen molar-refractivity contribution in [1.82, 2.24) is 0 Å². The Morgan fingerprint density at radius 3 is 2.41 bits per heavy atom. The van der Waals surface area contributed by atoms with E-state index in [9.17, 15) is 8.78 Å². The normalized spacial score (nSPS) is 12.4. The minimum absolute atomic E-state index is 0.285. The summed E-state index contributed by atoms with van der Waals surface area (Å²) in [5.41, 5.74) is 7.18. The quantitative estimate of drug-likeness (QED) is 0.865. The second-order valence-electron chi connectivity index (χ2n) is 3.96. The Labute approximate surface area is 98.9 Å². The average Bonchev–Trinajstić information content (AvgIpc) is 2.35. The molecule has 1 atom stereocenters. The van der Waals surface area contributed by atoms with Crippen molar-refractivity contribution in [3.8, 4) is 0 Å². The standard InChI is InChI=1S/C14H13F2N/c15-12-6-7-13(16)11(8-12)9-14(17)10-4-2-1-3-5-10/h1-8,14H,9,17H2. The number of benzene rings is 2. The van der Waals surface area contributed by atoms with Crippen molar-refractivity contribution in [2.75, 3.05) is 0 Å². The molecule has 17 heavy (non-hydrogen) atoms. The molecule has 1 unspecified atom stereocenters. The first kappa shape index (κ1) is 11.7. The zero-order valence-corrected chi connectivity index (χ0v) is 9.24. The average molecular weight is 233 g/mol. The summed E-state index contributed by atoms with van der Waals surface area (Å²) in [6, 6.07) is 12.5. The van der Waals surface area contributed by atoms with Crippen molar-refractivity contribution in [3.63, 3.8) is 0 Å². The van der Waals surface area contributed by atoms with Crippen LogP contribution in [-0.2, 0) is 6.42 Å². The van der Waals surface area contributed by atoms with Crippen LogP contribution in [0.1, 0.15) is 17.2 Å². The molecule has 2 N–H and O–H groups in total. The third kappa shape index (κ3) is 2.88. The molecule has 0 saturated heterocycles. The molecule has 2 rings (SSSR count). The monoisotopic (exact) mass is 233 g/mol. The van der Waals surface area contributed by atoms with Crippen LogP contribution in [0.5, 0.6) is 0 Å². The van der Waals surface area contributed by atoms with Crippen LogP contribution >= 0.6 is 0 Å². The summed E-state index contributed by atoms with van der Waals surface area (Å²) in [5, 5.41) is 0. The molecule has 2 aromatic carbocycles. The molecule has 0 aromatic heterocycles. The van der Waals surface area contributed by atoms with Crippen LogP contribution in [0.3, 0.4) is 0 Å². The van der Waals surface area contributed by atoms with Crippen LogP contribution in [0.2, 0.25) is 0 Å².